The average molecular weight is 298 g/mol. The summed E-state index contributed by atoms with van der Waals surface area (Å²) >= 11 is 0. The van der Waals surface area contributed by atoms with Crippen molar-refractivity contribution in [3.8, 4) is 5.75 Å². The van der Waals surface area contributed by atoms with E-state index >= 15 is 0 Å². The van der Waals surface area contributed by atoms with Crippen LogP contribution in [0.3, 0.4) is 0 Å². The average Bonchev–Trinajstić information content (AvgIpc) is 2.47. The molecule has 1 heterocycles. The van der Waals surface area contributed by atoms with Gasteiger partial charge in [0.05, 0.1) is 12.1 Å². The zero-order valence-corrected chi connectivity index (χ0v) is 13.5. The SMILES string of the molecule is Cc1cccc(C(=O)N[C@H](C)c2ccccc2OC(C)C)n1. The first kappa shape index (κ1) is 16.0. The molecular weight excluding hydrogens is 276 g/mol. The maximum absolute atomic E-state index is 12.3. The van der Waals surface area contributed by atoms with Gasteiger partial charge in [-0.2, -0.15) is 0 Å². The first-order valence-corrected chi connectivity index (χ1v) is 7.47. The molecule has 0 unspecified atom stereocenters. The van der Waals surface area contributed by atoms with Crippen molar-refractivity contribution >= 4 is 5.91 Å². The number of aromatic nitrogens is 1. The maximum Gasteiger partial charge on any atom is 0.270 e. The second kappa shape index (κ2) is 7.07. The Kier molecular flexibility index (Phi) is 5.15. The highest BCUT2D eigenvalue weighted by atomic mass is 16.5. The number of carbonyl (C=O) groups is 1. The van der Waals surface area contributed by atoms with Gasteiger partial charge in [-0.25, -0.2) is 4.98 Å². The molecule has 0 radical (unpaired) electrons. The molecule has 2 aromatic rings. The van der Waals surface area contributed by atoms with Gasteiger partial charge in [0.1, 0.15) is 11.4 Å². The number of nitrogens with one attached hydrogen (secondary N) is 1. The van der Waals surface area contributed by atoms with E-state index in [0.717, 1.165) is 17.0 Å². The molecule has 1 N–H and O–H groups in total. The number of hydrogen-bond acceptors (Lipinski definition) is 3. The minimum Gasteiger partial charge on any atom is -0.491 e. The van der Waals surface area contributed by atoms with Crippen LogP contribution in [0.2, 0.25) is 0 Å². The molecule has 0 spiro atoms. The molecule has 4 nitrogen and oxygen atoms in total. The van der Waals surface area contributed by atoms with E-state index in [9.17, 15) is 4.79 Å². The van der Waals surface area contributed by atoms with Crippen molar-refractivity contribution in [1.82, 2.24) is 10.3 Å². The molecule has 1 aromatic carbocycles. The van der Waals surface area contributed by atoms with Crippen LogP contribution in [0.25, 0.3) is 0 Å². The van der Waals surface area contributed by atoms with Crippen LogP contribution in [0, 0.1) is 6.92 Å². The quantitative estimate of drug-likeness (QED) is 0.916. The summed E-state index contributed by atoms with van der Waals surface area (Å²) in [5, 5.41) is 2.97. The second-order valence-corrected chi connectivity index (χ2v) is 5.56. The second-order valence-electron chi connectivity index (χ2n) is 5.56. The number of amides is 1. The van der Waals surface area contributed by atoms with Gasteiger partial charge in [0.2, 0.25) is 0 Å². The summed E-state index contributed by atoms with van der Waals surface area (Å²) in [6.07, 6.45) is 0.0856. The maximum atomic E-state index is 12.3. The van der Waals surface area contributed by atoms with Crippen LogP contribution in [0.4, 0.5) is 0 Å². The highest BCUT2D eigenvalue weighted by Crippen LogP contribution is 2.25. The Morgan fingerprint density at radius 2 is 1.82 bits per heavy atom. The zero-order chi connectivity index (χ0) is 16.1. The van der Waals surface area contributed by atoms with Crippen molar-refractivity contribution in [1.29, 1.82) is 0 Å². The fourth-order valence-electron chi connectivity index (χ4n) is 2.22. The van der Waals surface area contributed by atoms with Crippen molar-refractivity contribution < 1.29 is 9.53 Å². The van der Waals surface area contributed by atoms with Crippen LogP contribution in [0.1, 0.15) is 48.6 Å². The van der Waals surface area contributed by atoms with Gasteiger partial charge in [-0.3, -0.25) is 4.79 Å². The lowest BCUT2D eigenvalue weighted by molar-refractivity contribution is 0.0934. The summed E-state index contributed by atoms with van der Waals surface area (Å²) in [4.78, 5) is 16.5. The lowest BCUT2D eigenvalue weighted by Crippen LogP contribution is -2.28. The molecule has 0 saturated carbocycles. The molecule has 0 aliphatic rings. The van der Waals surface area contributed by atoms with Crippen molar-refractivity contribution in [3.63, 3.8) is 0 Å². The third-order valence-corrected chi connectivity index (χ3v) is 3.22. The van der Waals surface area contributed by atoms with Crippen LogP contribution < -0.4 is 10.1 Å². The molecule has 0 bridgehead atoms. The van der Waals surface area contributed by atoms with Crippen LogP contribution in [0.5, 0.6) is 5.75 Å². The first-order valence-electron chi connectivity index (χ1n) is 7.47. The summed E-state index contributed by atoms with van der Waals surface area (Å²) in [5.41, 5.74) is 2.20. The molecule has 116 valence electrons. The number of nitrogens with zero attached hydrogens (tertiary/aromatic N) is 1. The van der Waals surface area contributed by atoms with Gasteiger partial charge >= 0.3 is 0 Å². The fraction of sp³-hybridized carbons (Fsp3) is 0.333. The molecule has 0 saturated heterocycles. The minimum absolute atomic E-state index is 0.0856. The van der Waals surface area contributed by atoms with E-state index in [4.69, 9.17) is 4.74 Å². The number of carbonyl (C=O) groups excluding carboxylic acids is 1. The first-order chi connectivity index (χ1) is 10.5. The number of aryl methyl sites for hydroxylation is 1. The van der Waals surface area contributed by atoms with Gasteiger partial charge in [0.25, 0.3) is 5.91 Å². The number of hydrogen-bond donors (Lipinski definition) is 1. The highest BCUT2D eigenvalue weighted by molar-refractivity contribution is 5.92. The number of para-hydroxylation sites is 1. The Morgan fingerprint density at radius 1 is 1.09 bits per heavy atom. The largest absolute Gasteiger partial charge is 0.491 e. The normalized spacial score (nSPS) is 12.0. The van der Waals surface area contributed by atoms with E-state index in [2.05, 4.69) is 10.3 Å². The molecule has 1 amide bonds. The summed E-state index contributed by atoms with van der Waals surface area (Å²) in [7, 11) is 0. The minimum atomic E-state index is -0.185. The van der Waals surface area contributed by atoms with Crippen molar-refractivity contribution in [3.05, 3.63) is 59.4 Å². The topological polar surface area (TPSA) is 51.2 Å². The Morgan fingerprint density at radius 3 is 2.50 bits per heavy atom. The predicted molar refractivity (Wildman–Crippen MR) is 87.1 cm³/mol. The van der Waals surface area contributed by atoms with Gasteiger partial charge in [-0.05, 0) is 45.9 Å². The molecule has 0 fully saturated rings. The Balaban J connectivity index is 2.15. The van der Waals surface area contributed by atoms with E-state index in [1.165, 1.54) is 0 Å². The van der Waals surface area contributed by atoms with Crippen molar-refractivity contribution in [2.24, 2.45) is 0 Å². The van der Waals surface area contributed by atoms with Gasteiger partial charge < -0.3 is 10.1 Å². The van der Waals surface area contributed by atoms with Crippen molar-refractivity contribution in [2.75, 3.05) is 0 Å². The van der Waals surface area contributed by atoms with E-state index in [1.54, 1.807) is 6.07 Å². The van der Waals surface area contributed by atoms with E-state index in [1.807, 2.05) is 64.1 Å². The zero-order valence-electron chi connectivity index (χ0n) is 13.5. The molecule has 2 rings (SSSR count). The van der Waals surface area contributed by atoms with Crippen LogP contribution in [0.15, 0.2) is 42.5 Å². The Hall–Kier alpha value is -2.36. The third-order valence-electron chi connectivity index (χ3n) is 3.22. The number of benzene rings is 1. The summed E-state index contributed by atoms with van der Waals surface area (Å²) in [5.74, 6) is 0.609. The van der Waals surface area contributed by atoms with Gasteiger partial charge in [-0.15, -0.1) is 0 Å². The Bertz CT molecular complexity index is 653. The number of ether oxygens (including phenoxy) is 1. The van der Waals surface area contributed by atoms with Gasteiger partial charge in [0.15, 0.2) is 0 Å². The van der Waals surface area contributed by atoms with Crippen LogP contribution in [-0.4, -0.2) is 17.0 Å². The lowest BCUT2D eigenvalue weighted by atomic mass is 10.1. The predicted octanol–water partition coefficient (Wildman–Crippen LogP) is 3.67. The monoisotopic (exact) mass is 298 g/mol. The molecule has 1 atom stereocenters. The Labute approximate surface area is 131 Å². The molecule has 0 aliphatic heterocycles. The number of rotatable bonds is 5. The number of pyridine rings is 1. The van der Waals surface area contributed by atoms with Crippen molar-refractivity contribution in [2.45, 2.75) is 39.8 Å². The molecular formula is C18H22N2O2. The standard InChI is InChI=1S/C18H22N2O2/c1-12(2)22-17-11-6-5-9-15(17)14(4)20-18(21)16-10-7-8-13(3)19-16/h5-12,14H,1-4H3,(H,20,21)/t14-/m1/s1. The summed E-state index contributed by atoms with van der Waals surface area (Å²) in [6.45, 7) is 7.77. The summed E-state index contributed by atoms with van der Waals surface area (Å²) in [6, 6.07) is 13.0. The lowest BCUT2D eigenvalue weighted by Gasteiger charge is -2.19. The molecule has 22 heavy (non-hydrogen) atoms. The summed E-state index contributed by atoms with van der Waals surface area (Å²) < 4.78 is 5.81. The molecule has 1 aromatic heterocycles. The molecule has 0 aliphatic carbocycles. The third kappa shape index (κ3) is 4.07. The van der Waals surface area contributed by atoms with Crippen LogP contribution >= 0.6 is 0 Å². The van der Waals surface area contributed by atoms with E-state index < -0.39 is 0 Å². The smallest absolute Gasteiger partial charge is 0.270 e. The van der Waals surface area contributed by atoms with Gasteiger partial charge in [0, 0.05) is 11.3 Å². The highest BCUT2D eigenvalue weighted by Gasteiger charge is 2.16. The van der Waals surface area contributed by atoms with Gasteiger partial charge in [-0.1, -0.05) is 24.3 Å². The van der Waals surface area contributed by atoms with Crippen LogP contribution in [-0.2, 0) is 0 Å². The van der Waals surface area contributed by atoms with E-state index in [-0.39, 0.29) is 18.1 Å². The van der Waals surface area contributed by atoms with E-state index in [0.29, 0.717) is 5.69 Å². The molecule has 4 heteroatoms. The fourth-order valence-corrected chi connectivity index (χ4v) is 2.22.